The van der Waals surface area contributed by atoms with Gasteiger partial charge < -0.3 is 9.64 Å². The van der Waals surface area contributed by atoms with Crippen molar-refractivity contribution < 1.29 is 4.74 Å². The van der Waals surface area contributed by atoms with Crippen molar-refractivity contribution in [1.29, 1.82) is 0 Å². The van der Waals surface area contributed by atoms with E-state index >= 15 is 0 Å². The number of rotatable bonds is 6. The third kappa shape index (κ3) is 4.78. The van der Waals surface area contributed by atoms with Gasteiger partial charge in [0.25, 0.3) is 0 Å². The first kappa shape index (κ1) is 15.8. The van der Waals surface area contributed by atoms with Crippen LogP contribution in [0.5, 0.6) is 5.75 Å². The molecule has 1 fully saturated rings. The Kier molecular flexibility index (Phi) is 6.37. The fourth-order valence-electron chi connectivity index (χ4n) is 3.01. The molecule has 1 aliphatic rings. The van der Waals surface area contributed by atoms with E-state index in [0.717, 1.165) is 35.3 Å². The smallest absolute Gasteiger partial charge is 0.119 e. The normalized spacial score (nSPS) is 23.0. The third-order valence-electron chi connectivity index (χ3n) is 4.54. The van der Waals surface area contributed by atoms with Crippen molar-refractivity contribution in [3.05, 3.63) is 28.7 Å². The fourth-order valence-corrected chi connectivity index (χ4v) is 3.28. The van der Waals surface area contributed by atoms with Crippen molar-refractivity contribution in [1.82, 2.24) is 4.90 Å². The van der Waals surface area contributed by atoms with Gasteiger partial charge in [-0.15, -0.1) is 0 Å². The van der Waals surface area contributed by atoms with E-state index in [1.54, 1.807) is 0 Å². The van der Waals surface area contributed by atoms with Gasteiger partial charge in [-0.05, 0) is 62.9 Å². The van der Waals surface area contributed by atoms with Crippen LogP contribution in [0.15, 0.2) is 28.7 Å². The zero-order chi connectivity index (χ0) is 14.4. The van der Waals surface area contributed by atoms with Crippen LogP contribution in [0.4, 0.5) is 0 Å². The first-order valence-corrected chi connectivity index (χ1v) is 8.57. The lowest BCUT2D eigenvalue weighted by Gasteiger charge is -2.34. The monoisotopic (exact) mass is 339 g/mol. The molecular formula is C17H26BrNO. The van der Waals surface area contributed by atoms with Crippen LogP contribution >= 0.6 is 15.9 Å². The maximum Gasteiger partial charge on any atom is 0.119 e. The molecule has 0 atom stereocenters. The SMILES string of the molecule is CCC1CCC(N(C)CCOc2ccc(Br)cc2)CC1. The van der Waals surface area contributed by atoms with E-state index in [1.807, 2.05) is 24.3 Å². The summed E-state index contributed by atoms with van der Waals surface area (Å²) in [6, 6.07) is 8.81. The van der Waals surface area contributed by atoms with E-state index < -0.39 is 0 Å². The van der Waals surface area contributed by atoms with Gasteiger partial charge >= 0.3 is 0 Å². The molecule has 1 aliphatic carbocycles. The van der Waals surface area contributed by atoms with E-state index in [9.17, 15) is 0 Å². The van der Waals surface area contributed by atoms with Crippen LogP contribution in [0.2, 0.25) is 0 Å². The van der Waals surface area contributed by atoms with Crippen molar-refractivity contribution in [3.63, 3.8) is 0 Å². The Labute approximate surface area is 131 Å². The number of likely N-dealkylation sites (N-methyl/N-ethyl adjacent to an activating group) is 1. The Morgan fingerprint density at radius 3 is 2.40 bits per heavy atom. The Hall–Kier alpha value is -0.540. The van der Waals surface area contributed by atoms with E-state index in [0.29, 0.717) is 0 Å². The predicted octanol–water partition coefficient (Wildman–Crippen LogP) is 4.73. The molecule has 1 aromatic rings. The fraction of sp³-hybridized carbons (Fsp3) is 0.647. The highest BCUT2D eigenvalue weighted by atomic mass is 79.9. The minimum Gasteiger partial charge on any atom is -0.492 e. The molecule has 0 spiro atoms. The van der Waals surface area contributed by atoms with E-state index in [-0.39, 0.29) is 0 Å². The molecule has 3 heteroatoms. The Morgan fingerprint density at radius 1 is 1.15 bits per heavy atom. The number of ether oxygens (including phenoxy) is 1. The van der Waals surface area contributed by atoms with Gasteiger partial charge in [0, 0.05) is 17.1 Å². The second-order valence-electron chi connectivity index (χ2n) is 5.87. The summed E-state index contributed by atoms with van der Waals surface area (Å²) in [5.74, 6) is 1.93. The van der Waals surface area contributed by atoms with Crippen LogP contribution < -0.4 is 4.74 Å². The number of nitrogens with zero attached hydrogens (tertiary/aromatic N) is 1. The second kappa shape index (κ2) is 8.04. The highest BCUT2D eigenvalue weighted by Crippen LogP contribution is 2.28. The topological polar surface area (TPSA) is 12.5 Å². The summed E-state index contributed by atoms with van der Waals surface area (Å²) >= 11 is 3.44. The Bertz CT molecular complexity index is 384. The molecule has 0 heterocycles. The lowest BCUT2D eigenvalue weighted by molar-refractivity contribution is 0.141. The highest BCUT2D eigenvalue weighted by molar-refractivity contribution is 9.10. The van der Waals surface area contributed by atoms with Crippen molar-refractivity contribution >= 4 is 15.9 Å². The van der Waals surface area contributed by atoms with Gasteiger partial charge in [-0.3, -0.25) is 0 Å². The first-order valence-electron chi connectivity index (χ1n) is 7.77. The molecule has 2 nitrogen and oxygen atoms in total. The predicted molar refractivity (Wildman–Crippen MR) is 88.3 cm³/mol. The zero-order valence-corrected chi connectivity index (χ0v) is 14.2. The van der Waals surface area contributed by atoms with Crippen molar-refractivity contribution in [3.8, 4) is 5.75 Å². The molecule has 1 saturated carbocycles. The summed E-state index contributed by atoms with van der Waals surface area (Å²) in [5.41, 5.74) is 0. The van der Waals surface area contributed by atoms with E-state index in [1.165, 1.54) is 32.1 Å². The second-order valence-corrected chi connectivity index (χ2v) is 6.78. The molecule has 0 N–H and O–H groups in total. The molecule has 2 rings (SSSR count). The van der Waals surface area contributed by atoms with Gasteiger partial charge in [0.15, 0.2) is 0 Å². The average Bonchev–Trinajstić information content (AvgIpc) is 2.49. The molecule has 0 unspecified atom stereocenters. The van der Waals surface area contributed by atoms with Gasteiger partial charge in [0.05, 0.1) is 0 Å². The van der Waals surface area contributed by atoms with Crippen LogP contribution in [0.25, 0.3) is 0 Å². The summed E-state index contributed by atoms with van der Waals surface area (Å²) in [4.78, 5) is 2.48. The molecule has 0 amide bonds. The molecule has 0 aliphatic heterocycles. The largest absolute Gasteiger partial charge is 0.492 e. The van der Waals surface area contributed by atoms with Gasteiger partial charge in [0.2, 0.25) is 0 Å². The van der Waals surface area contributed by atoms with E-state index in [2.05, 4.69) is 34.8 Å². The number of halogens is 1. The number of hydrogen-bond acceptors (Lipinski definition) is 2. The standard InChI is InChI=1S/C17H26BrNO/c1-3-14-4-8-16(9-5-14)19(2)12-13-20-17-10-6-15(18)7-11-17/h6-7,10-11,14,16H,3-5,8-9,12-13H2,1-2H3. The molecule has 0 aromatic heterocycles. The molecule has 0 bridgehead atoms. The summed E-state index contributed by atoms with van der Waals surface area (Å²) in [7, 11) is 2.24. The molecule has 0 saturated heterocycles. The van der Waals surface area contributed by atoms with Gasteiger partial charge in [-0.25, -0.2) is 0 Å². The van der Waals surface area contributed by atoms with Crippen LogP contribution in [-0.4, -0.2) is 31.1 Å². The van der Waals surface area contributed by atoms with Crippen LogP contribution in [0, 0.1) is 5.92 Å². The highest BCUT2D eigenvalue weighted by Gasteiger charge is 2.22. The Morgan fingerprint density at radius 2 is 1.80 bits per heavy atom. The zero-order valence-electron chi connectivity index (χ0n) is 12.6. The van der Waals surface area contributed by atoms with Crippen LogP contribution in [-0.2, 0) is 0 Å². The van der Waals surface area contributed by atoms with Gasteiger partial charge in [-0.2, -0.15) is 0 Å². The first-order chi connectivity index (χ1) is 9.69. The van der Waals surface area contributed by atoms with Gasteiger partial charge in [-0.1, -0.05) is 29.3 Å². The quantitative estimate of drug-likeness (QED) is 0.742. The Balaban J connectivity index is 1.67. The molecule has 20 heavy (non-hydrogen) atoms. The molecule has 112 valence electrons. The lowest BCUT2D eigenvalue weighted by atomic mass is 9.84. The minimum atomic E-state index is 0.756. The van der Waals surface area contributed by atoms with Crippen molar-refractivity contribution in [2.45, 2.75) is 45.1 Å². The summed E-state index contributed by atoms with van der Waals surface area (Å²) in [6.45, 7) is 4.10. The maximum atomic E-state index is 5.80. The summed E-state index contributed by atoms with van der Waals surface area (Å²) in [5, 5.41) is 0. The van der Waals surface area contributed by atoms with Crippen LogP contribution in [0.3, 0.4) is 0 Å². The van der Waals surface area contributed by atoms with Crippen molar-refractivity contribution in [2.24, 2.45) is 5.92 Å². The molecular weight excluding hydrogens is 314 g/mol. The maximum absolute atomic E-state index is 5.80. The number of hydrogen-bond donors (Lipinski definition) is 0. The third-order valence-corrected chi connectivity index (χ3v) is 5.07. The van der Waals surface area contributed by atoms with Crippen molar-refractivity contribution in [2.75, 3.05) is 20.2 Å². The average molecular weight is 340 g/mol. The van der Waals surface area contributed by atoms with Gasteiger partial charge in [0.1, 0.15) is 12.4 Å². The van der Waals surface area contributed by atoms with Crippen LogP contribution in [0.1, 0.15) is 39.0 Å². The summed E-state index contributed by atoms with van der Waals surface area (Å²) in [6.07, 6.45) is 6.86. The molecule has 0 radical (unpaired) electrons. The summed E-state index contributed by atoms with van der Waals surface area (Å²) < 4.78 is 6.89. The molecule has 1 aromatic carbocycles. The minimum absolute atomic E-state index is 0.756. The lowest BCUT2D eigenvalue weighted by Crippen LogP contribution is -2.37. The number of benzene rings is 1. The van der Waals surface area contributed by atoms with E-state index in [4.69, 9.17) is 4.74 Å².